The van der Waals surface area contributed by atoms with Gasteiger partial charge in [-0.1, -0.05) is 43.3 Å². The van der Waals surface area contributed by atoms with Gasteiger partial charge >= 0.3 is 5.97 Å². The lowest BCUT2D eigenvalue weighted by Gasteiger charge is -2.08. The van der Waals surface area contributed by atoms with E-state index in [4.69, 9.17) is 4.74 Å². The lowest BCUT2D eigenvalue weighted by Crippen LogP contribution is -2.08. The normalized spacial score (nSPS) is 11.9. The number of ketones is 1. The molecule has 100 valence electrons. The highest BCUT2D eigenvalue weighted by molar-refractivity contribution is 6.24. The van der Waals surface area contributed by atoms with Crippen LogP contribution in [0.5, 0.6) is 0 Å². The Morgan fingerprint density at radius 2 is 1.70 bits per heavy atom. The maximum Gasteiger partial charge on any atom is 0.338 e. The summed E-state index contributed by atoms with van der Waals surface area (Å²) in [5.41, 5.74) is 3.22. The van der Waals surface area contributed by atoms with E-state index in [1.54, 1.807) is 24.3 Å². The Balaban J connectivity index is 2.15. The summed E-state index contributed by atoms with van der Waals surface area (Å²) < 4.78 is 5.20. The molecule has 2 aromatic rings. The summed E-state index contributed by atoms with van der Waals surface area (Å²) in [4.78, 5) is 24.5. The minimum atomic E-state index is -0.367. The van der Waals surface area contributed by atoms with E-state index >= 15 is 0 Å². The SMILES string of the molecule is CCCOC(=O)c1cccc2c1-c1ccccc1C2=O. The van der Waals surface area contributed by atoms with E-state index < -0.39 is 0 Å². The molecule has 3 rings (SSSR count). The number of rotatable bonds is 3. The number of esters is 1. The van der Waals surface area contributed by atoms with Crippen LogP contribution < -0.4 is 0 Å². The first-order chi connectivity index (χ1) is 9.74. The third kappa shape index (κ3) is 1.83. The molecule has 20 heavy (non-hydrogen) atoms. The first-order valence-electron chi connectivity index (χ1n) is 6.68. The number of carbonyl (C=O) groups excluding carboxylic acids is 2. The molecule has 1 aliphatic carbocycles. The van der Waals surface area contributed by atoms with Gasteiger partial charge in [0.1, 0.15) is 0 Å². The van der Waals surface area contributed by atoms with Crippen LogP contribution in [0.25, 0.3) is 11.1 Å². The third-order valence-electron chi connectivity index (χ3n) is 3.41. The molecule has 1 aliphatic rings. The smallest absolute Gasteiger partial charge is 0.338 e. The molecule has 0 atom stereocenters. The van der Waals surface area contributed by atoms with Gasteiger partial charge in [-0.15, -0.1) is 0 Å². The maximum atomic E-state index is 12.3. The van der Waals surface area contributed by atoms with Gasteiger partial charge in [0, 0.05) is 16.7 Å². The van der Waals surface area contributed by atoms with Crippen LogP contribution in [0.15, 0.2) is 42.5 Å². The van der Waals surface area contributed by atoms with Crippen molar-refractivity contribution in [2.45, 2.75) is 13.3 Å². The number of hydrogen-bond donors (Lipinski definition) is 0. The maximum absolute atomic E-state index is 12.3. The van der Waals surface area contributed by atoms with Crippen molar-refractivity contribution in [1.29, 1.82) is 0 Å². The van der Waals surface area contributed by atoms with Crippen LogP contribution in [0.4, 0.5) is 0 Å². The number of benzene rings is 2. The highest BCUT2D eigenvalue weighted by atomic mass is 16.5. The lowest BCUT2D eigenvalue weighted by molar-refractivity contribution is 0.0506. The van der Waals surface area contributed by atoms with Crippen molar-refractivity contribution in [3.8, 4) is 11.1 Å². The van der Waals surface area contributed by atoms with Crippen LogP contribution in [-0.4, -0.2) is 18.4 Å². The molecule has 0 aliphatic heterocycles. The summed E-state index contributed by atoms with van der Waals surface area (Å²) in [6, 6.07) is 12.6. The van der Waals surface area contributed by atoms with Gasteiger partial charge in [0.15, 0.2) is 5.78 Å². The molecule has 0 bridgehead atoms. The van der Waals surface area contributed by atoms with Crippen molar-refractivity contribution in [2.24, 2.45) is 0 Å². The van der Waals surface area contributed by atoms with Gasteiger partial charge in [0.25, 0.3) is 0 Å². The fourth-order valence-corrected chi connectivity index (χ4v) is 2.52. The topological polar surface area (TPSA) is 43.4 Å². The molecule has 0 saturated heterocycles. The van der Waals surface area contributed by atoms with E-state index in [-0.39, 0.29) is 11.8 Å². The van der Waals surface area contributed by atoms with E-state index in [1.807, 2.05) is 25.1 Å². The van der Waals surface area contributed by atoms with Crippen LogP contribution in [0.3, 0.4) is 0 Å². The minimum absolute atomic E-state index is 0.0271. The fourth-order valence-electron chi connectivity index (χ4n) is 2.52. The molecule has 0 saturated carbocycles. The molecule has 0 radical (unpaired) electrons. The Bertz CT molecular complexity index is 701. The average molecular weight is 266 g/mol. The van der Waals surface area contributed by atoms with E-state index in [2.05, 4.69) is 0 Å². The van der Waals surface area contributed by atoms with Gasteiger partial charge < -0.3 is 4.74 Å². The van der Waals surface area contributed by atoms with Crippen LogP contribution in [0, 0.1) is 0 Å². The van der Waals surface area contributed by atoms with E-state index in [0.29, 0.717) is 28.9 Å². The van der Waals surface area contributed by atoms with Gasteiger partial charge in [0.05, 0.1) is 12.2 Å². The molecule has 0 fully saturated rings. The van der Waals surface area contributed by atoms with Gasteiger partial charge in [-0.25, -0.2) is 4.79 Å². The Labute approximate surface area is 117 Å². The van der Waals surface area contributed by atoms with E-state index in [0.717, 1.165) is 12.0 Å². The summed E-state index contributed by atoms with van der Waals surface area (Å²) in [6.07, 6.45) is 0.774. The molecule has 0 spiro atoms. The van der Waals surface area contributed by atoms with Gasteiger partial charge in [-0.2, -0.15) is 0 Å². The Morgan fingerprint density at radius 3 is 2.45 bits per heavy atom. The lowest BCUT2D eigenvalue weighted by atomic mass is 9.99. The second kappa shape index (κ2) is 4.93. The van der Waals surface area contributed by atoms with Crippen LogP contribution >= 0.6 is 0 Å². The standard InChI is InChI=1S/C17H14O3/c1-2-10-20-17(19)14-9-5-8-13-15(14)11-6-3-4-7-12(11)16(13)18/h3-9H,2,10H2,1H3. The first-order valence-corrected chi connectivity index (χ1v) is 6.68. The second-order valence-electron chi connectivity index (χ2n) is 4.74. The Morgan fingerprint density at radius 1 is 1.00 bits per heavy atom. The zero-order valence-corrected chi connectivity index (χ0v) is 11.2. The average Bonchev–Trinajstić information content (AvgIpc) is 2.79. The van der Waals surface area contributed by atoms with E-state index in [1.165, 1.54) is 0 Å². The summed E-state index contributed by atoms with van der Waals surface area (Å²) in [5, 5.41) is 0. The van der Waals surface area contributed by atoms with Crippen LogP contribution in [0.1, 0.15) is 39.6 Å². The molecule has 2 aromatic carbocycles. The minimum Gasteiger partial charge on any atom is -0.462 e. The number of ether oxygens (including phenoxy) is 1. The largest absolute Gasteiger partial charge is 0.462 e. The zero-order valence-electron chi connectivity index (χ0n) is 11.2. The van der Waals surface area contributed by atoms with Crippen LogP contribution in [-0.2, 0) is 4.74 Å². The fraction of sp³-hybridized carbons (Fsp3) is 0.176. The molecule has 0 heterocycles. The molecular formula is C17H14O3. The Hall–Kier alpha value is -2.42. The van der Waals surface area contributed by atoms with Crippen molar-refractivity contribution in [1.82, 2.24) is 0 Å². The van der Waals surface area contributed by atoms with Crippen LogP contribution in [0.2, 0.25) is 0 Å². The zero-order chi connectivity index (χ0) is 14.1. The molecule has 3 nitrogen and oxygen atoms in total. The van der Waals surface area contributed by atoms with Crippen molar-refractivity contribution < 1.29 is 14.3 Å². The Kier molecular flexibility index (Phi) is 3.11. The predicted molar refractivity (Wildman–Crippen MR) is 75.9 cm³/mol. The molecule has 0 aromatic heterocycles. The summed E-state index contributed by atoms with van der Waals surface area (Å²) in [7, 11) is 0. The molecular weight excluding hydrogens is 252 g/mol. The molecule has 0 unspecified atom stereocenters. The number of fused-ring (bicyclic) bond motifs is 3. The monoisotopic (exact) mass is 266 g/mol. The van der Waals surface area contributed by atoms with E-state index in [9.17, 15) is 9.59 Å². The number of carbonyl (C=O) groups is 2. The van der Waals surface area contributed by atoms with Crippen molar-refractivity contribution >= 4 is 11.8 Å². The summed E-state index contributed by atoms with van der Waals surface area (Å²) in [6.45, 7) is 2.33. The van der Waals surface area contributed by atoms with Crippen molar-refractivity contribution in [3.63, 3.8) is 0 Å². The predicted octanol–water partition coefficient (Wildman–Crippen LogP) is 3.46. The molecule has 0 amide bonds. The number of hydrogen-bond acceptors (Lipinski definition) is 3. The van der Waals surface area contributed by atoms with Crippen molar-refractivity contribution in [3.05, 3.63) is 59.2 Å². The summed E-state index contributed by atoms with van der Waals surface area (Å²) >= 11 is 0. The summed E-state index contributed by atoms with van der Waals surface area (Å²) in [5.74, 6) is -0.394. The third-order valence-corrected chi connectivity index (χ3v) is 3.41. The highest BCUT2D eigenvalue weighted by Crippen LogP contribution is 2.38. The quantitative estimate of drug-likeness (QED) is 0.682. The van der Waals surface area contributed by atoms with Gasteiger partial charge in [0.2, 0.25) is 0 Å². The molecule has 0 N–H and O–H groups in total. The van der Waals surface area contributed by atoms with Gasteiger partial charge in [-0.3, -0.25) is 4.79 Å². The molecule has 3 heteroatoms. The highest BCUT2D eigenvalue weighted by Gasteiger charge is 2.30. The van der Waals surface area contributed by atoms with Gasteiger partial charge in [-0.05, 0) is 18.1 Å². The second-order valence-corrected chi connectivity index (χ2v) is 4.74. The first kappa shape index (κ1) is 12.6. The van der Waals surface area contributed by atoms with Crippen molar-refractivity contribution in [2.75, 3.05) is 6.61 Å².